The first-order valence-corrected chi connectivity index (χ1v) is 12.1. The molecule has 0 saturated heterocycles. The van der Waals surface area contributed by atoms with E-state index in [2.05, 4.69) is 54.1 Å². The lowest BCUT2D eigenvalue weighted by atomic mass is 11.2. The molecule has 0 aromatic carbocycles. The van der Waals surface area contributed by atoms with Gasteiger partial charge in [-0.1, -0.05) is 0 Å². The molecule has 110 valence electrons. The minimum atomic E-state index is 1.55. The van der Waals surface area contributed by atoms with Crippen LogP contribution >= 0.6 is 82.3 Å². The third-order valence-electron chi connectivity index (χ3n) is 1.45. The van der Waals surface area contributed by atoms with E-state index in [0.717, 1.165) is 0 Å². The highest BCUT2D eigenvalue weighted by atomic mass is 32.2. The summed E-state index contributed by atoms with van der Waals surface area (Å²) in [6, 6.07) is 0. The molecule has 0 atom stereocenters. The molecule has 0 bridgehead atoms. The molecular formula is C14H13S7+. The molecule has 1 aliphatic heterocycles. The highest BCUT2D eigenvalue weighted by molar-refractivity contribution is 8.12. The lowest BCUT2D eigenvalue weighted by molar-refractivity contribution is 2.37. The summed E-state index contributed by atoms with van der Waals surface area (Å²) >= 11 is 11.5. The Kier molecular flexibility index (Phi) is 15.8. The fourth-order valence-corrected chi connectivity index (χ4v) is 4.84. The lowest BCUT2D eigenvalue weighted by Crippen LogP contribution is -1.48. The second kappa shape index (κ2) is 16.9. The summed E-state index contributed by atoms with van der Waals surface area (Å²) in [6.07, 6.45) is 0. The van der Waals surface area contributed by atoms with Gasteiger partial charge in [-0.25, -0.2) is 0 Å². The summed E-state index contributed by atoms with van der Waals surface area (Å²) in [5.74, 6) is 0. The van der Waals surface area contributed by atoms with Gasteiger partial charge in [-0.05, 0) is 71.3 Å². The van der Waals surface area contributed by atoms with Crippen molar-refractivity contribution >= 4 is 82.3 Å². The van der Waals surface area contributed by atoms with E-state index in [4.69, 9.17) is 0 Å². The predicted molar refractivity (Wildman–Crippen MR) is 116 cm³/mol. The van der Waals surface area contributed by atoms with Gasteiger partial charge in [-0.2, -0.15) is 0 Å². The smallest absolute Gasteiger partial charge is 0.105 e. The number of hydrogen-bond donors (Lipinski definition) is 0. The van der Waals surface area contributed by atoms with E-state index in [0.29, 0.717) is 0 Å². The van der Waals surface area contributed by atoms with Gasteiger partial charge in [0.25, 0.3) is 0 Å². The minimum Gasteiger partial charge on any atom is -0.105 e. The third-order valence-corrected chi connectivity index (χ3v) is 6.64. The molecule has 0 aliphatic carbocycles. The van der Waals surface area contributed by atoms with Crippen LogP contribution in [0.25, 0.3) is 0 Å². The van der Waals surface area contributed by atoms with Gasteiger partial charge in [0.1, 0.15) is 0 Å². The molecule has 1 rings (SSSR count). The molecule has 21 heavy (non-hydrogen) atoms. The maximum atomic E-state index is 3.14. The minimum absolute atomic E-state index is 1.55. The van der Waals surface area contributed by atoms with Crippen molar-refractivity contribution in [2.45, 2.75) is 0 Å². The molecule has 0 aromatic heterocycles. The normalized spacial score (nSPS) is 27.4. The molecule has 1 aliphatic rings. The maximum absolute atomic E-state index is 3.14. The van der Waals surface area contributed by atoms with Crippen LogP contribution in [0.5, 0.6) is 0 Å². The summed E-state index contributed by atoms with van der Waals surface area (Å²) in [5.41, 5.74) is 0. The SMILES string of the molecule is [C+]1=CS/C=C\S/C=C\S/C=C\S/C=C\S/C=C/S/C=C\S1. The molecule has 7 heteroatoms. The average molecular weight is 406 g/mol. The number of rotatable bonds is 0. The summed E-state index contributed by atoms with van der Waals surface area (Å²) in [5, 5.41) is 29.8. The zero-order valence-corrected chi connectivity index (χ0v) is 16.6. The van der Waals surface area contributed by atoms with Crippen LogP contribution < -0.4 is 0 Å². The van der Waals surface area contributed by atoms with Crippen LogP contribution in [-0.4, -0.2) is 0 Å². The van der Waals surface area contributed by atoms with Gasteiger partial charge < -0.3 is 0 Å². The molecule has 0 spiro atoms. The first-order valence-electron chi connectivity index (χ1n) is 5.56. The van der Waals surface area contributed by atoms with Crippen LogP contribution in [0, 0.1) is 5.41 Å². The van der Waals surface area contributed by atoms with E-state index in [1.54, 1.807) is 82.3 Å². The largest absolute Gasteiger partial charge is 0.320 e. The Morgan fingerprint density at radius 3 is 1.14 bits per heavy atom. The van der Waals surface area contributed by atoms with Gasteiger partial charge in [0.2, 0.25) is 5.41 Å². The first-order chi connectivity index (χ1) is 10.5. The van der Waals surface area contributed by atoms with E-state index in [1.165, 1.54) is 0 Å². The van der Waals surface area contributed by atoms with Gasteiger partial charge in [-0.3, -0.25) is 0 Å². The van der Waals surface area contributed by atoms with E-state index in [9.17, 15) is 0 Å². The van der Waals surface area contributed by atoms with Crippen LogP contribution in [0.4, 0.5) is 0 Å². The third kappa shape index (κ3) is 15.2. The fraction of sp³-hybridized carbons (Fsp3) is 0. The van der Waals surface area contributed by atoms with Crippen LogP contribution in [0.3, 0.4) is 0 Å². The van der Waals surface area contributed by atoms with Crippen LogP contribution in [0.1, 0.15) is 0 Å². The van der Waals surface area contributed by atoms with Gasteiger partial charge in [-0.15, -0.1) is 58.8 Å². The summed E-state index contributed by atoms with van der Waals surface area (Å²) in [4.78, 5) is 0. The van der Waals surface area contributed by atoms with Crippen molar-refractivity contribution in [3.05, 3.63) is 75.7 Å². The molecule has 0 unspecified atom stereocenters. The Bertz CT molecular complexity index is 298. The number of thioether (sulfide) groups is 7. The Labute approximate surface area is 157 Å². The fourth-order valence-electron chi connectivity index (χ4n) is 0.742. The summed E-state index contributed by atoms with van der Waals surface area (Å²) in [7, 11) is 0. The highest BCUT2D eigenvalue weighted by Crippen LogP contribution is 2.19. The zero-order chi connectivity index (χ0) is 14.8. The molecule has 1 heterocycles. The van der Waals surface area contributed by atoms with Crippen molar-refractivity contribution in [3.8, 4) is 0 Å². The molecule has 0 amide bonds. The summed E-state index contributed by atoms with van der Waals surface area (Å²) < 4.78 is 0. The topological polar surface area (TPSA) is 0 Å². The van der Waals surface area contributed by atoms with Crippen molar-refractivity contribution in [2.75, 3.05) is 0 Å². The van der Waals surface area contributed by atoms with Crippen molar-refractivity contribution in [3.63, 3.8) is 0 Å². The molecule has 0 aromatic rings. The van der Waals surface area contributed by atoms with Crippen molar-refractivity contribution < 1.29 is 0 Å². The van der Waals surface area contributed by atoms with Crippen molar-refractivity contribution in [2.24, 2.45) is 0 Å². The second-order valence-electron chi connectivity index (χ2n) is 2.80. The van der Waals surface area contributed by atoms with Gasteiger partial charge in [0, 0.05) is 5.41 Å². The Morgan fingerprint density at radius 1 is 0.381 bits per heavy atom. The highest BCUT2D eigenvalue weighted by Gasteiger charge is 1.90. The van der Waals surface area contributed by atoms with E-state index in [1.807, 2.05) is 21.6 Å². The lowest BCUT2D eigenvalue weighted by Gasteiger charge is -1.84. The van der Waals surface area contributed by atoms with Crippen LogP contribution in [-0.2, 0) is 0 Å². The number of hydrogen-bond acceptors (Lipinski definition) is 7. The van der Waals surface area contributed by atoms with Crippen LogP contribution in [0.15, 0.2) is 70.3 Å². The second-order valence-corrected chi connectivity index (χ2v) is 8.41. The first kappa shape index (κ1) is 19.6. The molecule has 0 nitrogen and oxygen atoms in total. The summed E-state index contributed by atoms with van der Waals surface area (Å²) in [6.45, 7) is 0. The Balaban J connectivity index is 2.41. The Morgan fingerprint density at radius 2 is 0.714 bits per heavy atom. The van der Waals surface area contributed by atoms with Gasteiger partial charge in [0.05, 0.1) is 0 Å². The molecule has 0 N–H and O–H groups in total. The van der Waals surface area contributed by atoms with Gasteiger partial charge >= 0.3 is 5.41 Å². The zero-order valence-electron chi connectivity index (χ0n) is 10.9. The molecule has 0 saturated carbocycles. The molecule has 0 radical (unpaired) electrons. The molecular weight excluding hydrogens is 393 g/mol. The predicted octanol–water partition coefficient (Wildman–Crippen LogP) is 8.23. The van der Waals surface area contributed by atoms with Gasteiger partial charge in [0.15, 0.2) is 11.8 Å². The quantitative estimate of drug-likeness (QED) is 0.367. The monoisotopic (exact) mass is 405 g/mol. The average Bonchev–Trinajstić information content (AvgIpc) is 2.50. The standard InChI is InChI=1S/C14H13S7/c1-2-16-5-6-18-9-10-20-13-14-21-12-11-19-8-7-17-4-3-15-1/h1-13H/q+1/b2-1-,4-3-,6-5-,8-7+,10-9-,12-11-. The van der Waals surface area contributed by atoms with E-state index < -0.39 is 0 Å². The van der Waals surface area contributed by atoms with E-state index in [-0.39, 0.29) is 0 Å². The Hall–Kier alpha value is 0.540. The molecule has 0 fully saturated rings. The van der Waals surface area contributed by atoms with Crippen molar-refractivity contribution in [1.82, 2.24) is 0 Å². The van der Waals surface area contributed by atoms with Crippen LogP contribution in [0.2, 0.25) is 0 Å². The van der Waals surface area contributed by atoms with Crippen molar-refractivity contribution in [1.29, 1.82) is 0 Å². The van der Waals surface area contributed by atoms with E-state index >= 15 is 0 Å². The maximum Gasteiger partial charge on any atom is 0.320 e.